The molecule has 0 fully saturated rings. The van der Waals surface area contributed by atoms with Crippen LogP contribution in [0.3, 0.4) is 0 Å². The summed E-state index contributed by atoms with van der Waals surface area (Å²) >= 11 is 3.74. The van der Waals surface area contributed by atoms with Crippen molar-refractivity contribution in [3.63, 3.8) is 0 Å². The van der Waals surface area contributed by atoms with Gasteiger partial charge in [0.05, 0.1) is 7.11 Å². The number of benzene rings is 4. The van der Waals surface area contributed by atoms with Gasteiger partial charge in [-0.2, -0.15) is 0 Å². The zero-order valence-electron chi connectivity index (χ0n) is 16.6. The van der Waals surface area contributed by atoms with Gasteiger partial charge in [-0.1, -0.05) is 24.3 Å². The van der Waals surface area contributed by atoms with Gasteiger partial charge in [0, 0.05) is 25.0 Å². The Morgan fingerprint density at radius 2 is 1.40 bits per heavy atom. The van der Waals surface area contributed by atoms with Gasteiger partial charge < -0.3 is 4.74 Å². The SMILES string of the molecule is COc1ccc(CCc2cc3c(ccc4cc5c(ccc6sccc65)cc43)s2)cc1. The second-order valence-electron chi connectivity index (χ2n) is 7.73. The molecule has 0 radical (unpaired) electrons. The van der Waals surface area contributed by atoms with Crippen LogP contribution in [-0.2, 0) is 12.8 Å². The van der Waals surface area contributed by atoms with Crippen LogP contribution in [-0.4, -0.2) is 7.11 Å². The molecule has 2 aromatic heterocycles. The number of hydrogen-bond donors (Lipinski definition) is 0. The van der Waals surface area contributed by atoms with Crippen molar-refractivity contribution in [2.45, 2.75) is 12.8 Å². The summed E-state index contributed by atoms with van der Waals surface area (Å²) in [7, 11) is 1.71. The summed E-state index contributed by atoms with van der Waals surface area (Å²) in [5.74, 6) is 0.916. The highest BCUT2D eigenvalue weighted by Gasteiger charge is 2.09. The molecule has 6 rings (SSSR count). The van der Waals surface area contributed by atoms with E-state index in [2.05, 4.69) is 66.0 Å². The van der Waals surface area contributed by atoms with Crippen LogP contribution < -0.4 is 4.74 Å². The van der Waals surface area contributed by atoms with Crippen LogP contribution in [0, 0.1) is 0 Å². The largest absolute Gasteiger partial charge is 0.497 e. The van der Waals surface area contributed by atoms with Crippen molar-refractivity contribution in [3.8, 4) is 5.75 Å². The second-order valence-corrected chi connectivity index (χ2v) is 9.85. The van der Waals surface area contributed by atoms with E-state index in [0.29, 0.717) is 0 Å². The van der Waals surface area contributed by atoms with Crippen molar-refractivity contribution in [3.05, 3.63) is 88.6 Å². The minimum absolute atomic E-state index is 0.916. The third-order valence-electron chi connectivity index (χ3n) is 5.96. The molecule has 1 nitrogen and oxygen atoms in total. The molecule has 6 aromatic rings. The Kier molecular flexibility index (Phi) is 4.26. The van der Waals surface area contributed by atoms with Gasteiger partial charge in [-0.15, -0.1) is 22.7 Å². The van der Waals surface area contributed by atoms with Gasteiger partial charge in [-0.05, 0) is 93.9 Å². The maximum Gasteiger partial charge on any atom is 0.118 e. The van der Waals surface area contributed by atoms with Crippen molar-refractivity contribution in [2.24, 2.45) is 0 Å². The van der Waals surface area contributed by atoms with Crippen LogP contribution in [0.4, 0.5) is 0 Å². The van der Waals surface area contributed by atoms with E-state index in [-0.39, 0.29) is 0 Å². The molecule has 0 N–H and O–H groups in total. The van der Waals surface area contributed by atoms with Crippen LogP contribution >= 0.6 is 22.7 Å². The second kappa shape index (κ2) is 7.12. The molecule has 4 aromatic carbocycles. The summed E-state index contributed by atoms with van der Waals surface area (Å²) in [6.07, 6.45) is 2.12. The molecular formula is C27H20OS2. The Hall–Kier alpha value is -2.88. The highest BCUT2D eigenvalue weighted by molar-refractivity contribution is 7.19. The number of rotatable bonds is 4. The quantitative estimate of drug-likeness (QED) is 0.259. The predicted molar refractivity (Wildman–Crippen MR) is 133 cm³/mol. The minimum Gasteiger partial charge on any atom is -0.497 e. The van der Waals surface area contributed by atoms with Gasteiger partial charge in [-0.25, -0.2) is 0 Å². The smallest absolute Gasteiger partial charge is 0.118 e. The van der Waals surface area contributed by atoms with Crippen LogP contribution in [0.2, 0.25) is 0 Å². The minimum atomic E-state index is 0.916. The Morgan fingerprint density at radius 1 is 0.667 bits per heavy atom. The molecule has 0 bridgehead atoms. The lowest BCUT2D eigenvalue weighted by atomic mass is 9.99. The van der Waals surface area contributed by atoms with E-state index in [4.69, 9.17) is 4.74 Å². The lowest BCUT2D eigenvalue weighted by Crippen LogP contribution is -1.89. The number of fused-ring (bicyclic) bond motifs is 6. The first-order chi connectivity index (χ1) is 14.8. The van der Waals surface area contributed by atoms with E-state index in [1.807, 2.05) is 34.8 Å². The molecule has 0 amide bonds. The van der Waals surface area contributed by atoms with Gasteiger partial charge in [0.15, 0.2) is 0 Å². The highest BCUT2D eigenvalue weighted by atomic mass is 32.1. The third kappa shape index (κ3) is 2.97. The highest BCUT2D eigenvalue weighted by Crippen LogP contribution is 2.37. The standard InChI is InChI=1S/C27H20OS2/c1-28-20-7-2-17(3-8-20)4-9-21-16-25-24-15-18-5-10-26-22(12-13-29-26)23(18)14-19(24)6-11-27(25)30-21/h2-3,5-8,10-16H,4,9H2,1H3. The number of methoxy groups -OCH3 is 1. The van der Waals surface area contributed by atoms with E-state index in [1.54, 1.807) is 7.11 Å². The van der Waals surface area contributed by atoms with Crippen LogP contribution in [0.25, 0.3) is 41.7 Å². The molecule has 0 saturated heterocycles. The first kappa shape index (κ1) is 17.9. The summed E-state index contributed by atoms with van der Waals surface area (Å²) in [4.78, 5) is 1.45. The van der Waals surface area contributed by atoms with Crippen molar-refractivity contribution in [2.75, 3.05) is 7.11 Å². The maximum absolute atomic E-state index is 5.26. The summed E-state index contributed by atoms with van der Waals surface area (Å²) in [5, 5.41) is 10.3. The van der Waals surface area contributed by atoms with Crippen LogP contribution in [0.1, 0.15) is 10.4 Å². The zero-order chi connectivity index (χ0) is 20.1. The molecule has 0 atom stereocenters. The predicted octanol–water partition coefficient (Wildman–Crippen LogP) is 8.22. The first-order valence-corrected chi connectivity index (χ1v) is 11.9. The van der Waals surface area contributed by atoms with Crippen LogP contribution in [0.15, 0.2) is 78.2 Å². The van der Waals surface area contributed by atoms with Crippen molar-refractivity contribution in [1.29, 1.82) is 0 Å². The number of thiophene rings is 2. The Bertz CT molecular complexity index is 1520. The van der Waals surface area contributed by atoms with Gasteiger partial charge in [0.25, 0.3) is 0 Å². The van der Waals surface area contributed by atoms with E-state index >= 15 is 0 Å². The molecule has 0 aliphatic heterocycles. The summed E-state index contributed by atoms with van der Waals surface area (Å²) in [6, 6.07) is 26.9. The Morgan fingerprint density at radius 3 is 2.17 bits per heavy atom. The average Bonchev–Trinajstić information content (AvgIpc) is 3.43. The number of ether oxygens (including phenoxy) is 1. The zero-order valence-corrected chi connectivity index (χ0v) is 18.3. The van der Waals surface area contributed by atoms with Crippen LogP contribution in [0.5, 0.6) is 5.75 Å². The van der Waals surface area contributed by atoms with E-state index in [1.165, 1.54) is 52.2 Å². The molecule has 30 heavy (non-hydrogen) atoms. The molecular weight excluding hydrogens is 404 g/mol. The van der Waals surface area contributed by atoms with Gasteiger partial charge in [0.2, 0.25) is 0 Å². The number of aryl methyl sites for hydroxylation is 2. The normalized spacial score (nSPS) is 11.8. The number of hydrogen-bond acceptors (Lipinski definition) is 3. The Balaban J connectivity index is 1.40. The summed E-state index contributed by atoms with van der Waals surface area (Å²) in [5.41, 5.74) is 1.35. The van der Waals surface area contributed by atoms with Crippen molar-refractivity contribution in [1.82, 2.24) is 0 Å². The third-order valence-corrected chi connectivity index (χ3v) is 8.00. The monoisotopic (exact) mass is 424 g/mol. The molecule has 0 unspecified atom stereocenters. The lowest BCUT2D eigenvalue weighted by Gasteiger charge is -2.05. The molecule has 0 aliphatic rings. The van der Waals surface area contributed by atoms with E-state index in [0.717, 1.165) is 18.6 Å². The average molecular weight is 425 g/mol. The fourth-order valence-corrected chi connectivity index (χ4v) is 6.23. The summed E-state index contributed by atoms with van der Waals surface area (Å²) < 4.78 is 8.00. The Labute approximate surface area is 183 Å². The van der Waals surface area contributed by atoms with Gasteiger partial charge in [-0.3, -0.25) is 0 Å². The molecule has 2 heterocycles. The molecule has 0 aliphatic carbocycles. The topological polar surface area (TPSA) is 9.23 Å². The fraction of sp³-hybridized carbons (Fsp3) is 0.111. The fourth-order valence-electron chi connectivity index (χ4n) is 4.35. The first-order valence-electron chi connectivity index (χ1n) is 10.2. The molecule has 0 spiro atoms. The van der Waals surface area contributed by atoms with Gasteiger partial charge in [0.1, 0.15) is 5.75 Å². The van der Waals surface area contributed by atoms with E-state index < -0.39 is 0 Å². The van der Waals surface area contributed by atoms with Gasteiger partial charge >= 0.3 is 0 Å². The molecule has 146 valence electrons. The van der Waals surface area contributed by atoms with E-state index in [9.17, 15) is 0 Å². The van der Waals surface area contributed by atoms with Crippen molar-refractivity contribution < 1.29 is 4.74 Å². The molecule has 3 heteroatoms. The van der Waals surface area contributed by atoms with Crippen molar-refractivity contribution >= 4 is 64.4 Å². The molecule has 0 saturated carbocycles. The lowest BCUT2D eigenvalue weighted by molar-refractivity contribution is 0.414. The summed E-state index contributed by atoms with van der Waals surface area (Å²) in [6.45, 7) is 0. The maximum atomic E-state index is 5.26.